The van der Waals surface area contributed by atoms with Crippen molar-refractivity contribution in [1.29, 1.82) is 0 Å². The van der Waals surface area contributed by atoms with Crippen LogP contribution in [-0.2, 0) is 13.1 Å². The summed E-state index contributed by atoms with van der Waals surface area (Å²) in [7, 11) is 0. The molecule has 4 nitrogen and oxygen atoms in total. The molecule has 0 fully saturated rings. The van der Waals surface area contributed by atoms with Crippen molar-refractivity contribution in [2.24, 2.45) is 0 Å². The lowest BCUT2D eigenvalue weighted by atomic mass is 10.3. The van der Waals surface area contributed by atoms with E-state index in [1.54, 1.807) is 0 Å². The summed E-state index contributed by atoms with van der Waals surface area (Å²) in [6.07, 6.45) is 4.44. The van der Waals surface area contributed by atoms with Gasteiger partial charge in [-0.15, -0.1) is 0 Å². The first-order chi connectivity index (χ1) is 15.9. The highest BCUT2D eigenvalue weighted by atomic mass is 15.2. The van der Waals surface area contributed by atoms with Gasteiger partial charge in [0, 0.05) is 0 Å². The van der Waals surface area contributed by atoms with Crippen LogP contribution in [0.5, 0.6) is 0 Å². The minimum Gasteiger partial charge on any atom is -0.225 e. The Hall–Kier alpha value is -4.18. The third-order valence-corrected chi connectivity index (χ3v) is 6.06. The van der Waals surface area contributed by atoms with Gasteiger partial charge >= 0.3 is 0 Å². The highest BCUT2D eigenvalue weighted by Crippen LogP contribution is 2.18. The molecule has 0 amide bonds. The Balaban J connectivity index is 1.39. The van der Waals surface area contributed by atoms with E-state index in [-0.39, 0.29) is 0 Å². The lowest BCUT2D eigenvalue weighted by Gasteiger charge is -1.97. The molecular weight excluding hydrogens is 392 g/mol. The number of rotatable bonds is 5. The Labute approximate surface area is 186 Å². The zero-order valence-corrected chi connectivity index (χ0v) is 17.8. The van der Waals surface area contributed by atoms with Gasteiger partial charge in [0.15, 0.2) is 22.1 Å². The van der Waals surface area contributed by atoms with Gasteiger partial charge in [0.05, 0.1) is 0 Å². The summed E-state index contributed by atoms with van der Waals surface area (Å²) in [6.45, 7) is 1.77. The molecule has 0 N–H and O–H groups in total. The summed E-state index contributed by atoms with van der Waals surface area (Å²) < 4.78 is 9.24. The third kappa shape index (κ3) is 3.17. The summed E-state index contributed by atoms with van der Waals surface area (Å²) in [6, 6.07) is 38.3. The fraction of sp³-hybridized carbons (Fsp3) is 0.0714. The van der Waals surface area contributed by atoms with Crippen LogP contribution in [0.25, 0.3) is 33.4 Å². The third-order valence-electron chi connectivity index (χ3n) is 6.06. The van der Waals surface area contributed by atoms with E-state index in [4.69, 9.17) is 0 Å². The van der Waals surface area contributed by atoms with Crippen LogP contribution < -0.4 is 9.13 Å². The highest BCUT2D eigenvalue weighted by Gasteiger charge is 2.20. The van der Waals surface area contributed by atoms with Gasteiger partial charge in [0.1, 0.15) is 24.5 Å². The van der Waals surface area contributed by atoms with E-state index >= 15 is 0 Å². The molecule has 0 atom stereocenters. The summed E-state index contributed by atoms with van der Waals surface area (Å²) >= 11 is 0. The maximum absolute atomic E-state index is 2.35. The summed E-state index contributed by atoms with van der Waals surface area (Å²) in [4.78, 5) is 0. The van der Waals surface area contributed by atoms with Crippen molar-refractivity contribution >= 4 is 22.1 Å². The standard InChI is InChI=1S/C28H24N4/c1-3-11-23(12-4-1)31-21-29(25-15-7-9-17-27(25)31)19-20-30-22-32(24-13-5-2-6-14-24)28-18-10-8-16-26(28)30/h1-18,21-22H,19-20H2/q+2. The molecule has 0 spiro atoms. The monoisotopic (exact) mass is 416 g/mol. The fourth-order valence-corrected chi connectivity index (χ4v) is 4.51. The van der Waals surface area contributed by atoms with E-state index in [1.807, 2.05) is 0 Å². The van der Waals surface area contributed by atoms with E-state index < -0.39 is 0 Å². The summed E-state index contributed by atoms with van der Waals surface area (Å²) in [5.74, 6) is 0. The first-order valence-corrected chi connectivity index (χ1v) is 11.0. The molecule has 0 saturated heterocycles. The van der Waals surface area contributed by atoms with Gasteiger partial charge in [-0.25, -0.2) is 9.13 Å². The molecule has 0 saturated carbocycles. The van der Waals surface area contributed by atoms with Crippen molar-refractivity contribution in [2.75, 3.05) is 0 Å². The number of hydrogen-bond donors (Lipinski definition) is 0. The van der Waals surface area contributed by atoms with Crippen LogP contribution >= 0.6 is 0 Å². The Morgan fingerprint density at radius 3 is 1.25 bits per heavy atom. The predicted octanol–water partition coefficient (Wildman–Crippen LogP) is 4.85. The number of hydrogen-bond acceptors (Lipinski definition) is 0. The zero-order valence-electron chi connectivity index (χ0n) is 17.8. The number of fused-ring (bicyclic) bond motifs is 2. The molecule has 154 valence electrons. The number of nitrogens with zero attached hydrogens (tertiary/aromatic N) is 4. The zero-order chi connectivity index (χ0) is 21.3. The topological polar surface area (TPSA) is 17.6 Å². The maximum atomic E-state index is 2.35. The van der Waals surface area contributed by atoms with Crippen LogP contribution in [0.2, 0.25) is 0 Å². The van der Waals surface area contributed by atoms with Crippen molar-refractivity contribution in [1.82, 2.24) is 9.13 Å². The van der Waals surface area contributed by atoms with E-state index in [0.717, 1.165) is 13.1 Å². The average molecular weight is 417 g/mol. The van der Waals surface area contributed by atoms with Crippen molar-refractivity contribution in [3.63, 3.8) is 0 Å². The Morgan fingerprint density at radius 2 is 0.812 bits per heavy atom. The molecule has 0 aliphatic heterocycles. The first kappa shape index (κ1) is 18.6. The molecule has 4 aromatic carbocycles. The van der Waals surface area contributed by atoms with Crippen LogP contribution in [0.1, 0.15) is 0 Å². The van der Waals surface area contributed by atoms with Gasteiger partial charge in [-0.3, -0.25) is 0 Å². The van der Waals surface area contributed by atoms with Crippen LogP contribution in [0, 0.1) is 0 Å². The minimum atomic E-state index is 0.883. The molecule has 6 aromatic rings. The van der Waals surface area contributed by atoms with Crippen molar-refractivity contribution in [2.45, 2.75) is 13.1 Å². The molecule has 2 heterocycles. The molecule has 0 aliphatic rings. The van der Waals surface area contributed by atoms with Crippen molar-refractivity contribution < 1.29 is 9.13 Å². The molecule has 2 aromatic heterocycles. The van der Waals surface area contributed by atoms with Crippen molar-refractivity contribution in [3.05, 3.63) is 122 Å². The largest absolute Gasteiger partial charge is 0.250 e. The van der Waals surface area contributed by atoms with Crippen LogP contribution in [0.15, 0.2) is 122 Å². The predicted molar refractivity (Wildman–Crippen MR) is 127 cm³/mol. The number of aryl methyl sites for hydroxylation is 2. The molecule has 6 rings (SSSR count). The van der Waals surface area contributed by atoms with Gasteiger partial charge in [-0.1, -0.05) is 60.7 Å². The van der Waals surface area contributed by atoms with Gasteiger partial charge in [0.2, 0.25) is 12.7 Å². The highest BCUT2D eigenvalue weighted by molar-refractivity contribution is 5.74. The fourth-order valence-electron chi connectivity index (χ4n) is 4.51. The second-order valence-corrected chi connectivity index (χ2v) is 8.01. The van der Waals surface area contributed by atoms with Gasteiger partial charge < -0.3 is 0 Å². The van der Waals surface area contributed by atoms with Gasteiger partial charge in [-0.05, 0) is 48.5 Å². The number of para-hydroxylation sites is 6. The lowest BCUT2D eigenvalue weighted by molar-refractivity contribution is -0.755. The number of imidazole rings is 2. The van der Waals surface area contributed by atoms with Gasteiger partial charge in [0.25, 0.3) is 0 Å². The van der Waals surface area contributed by atoms with Crippen molar-refractivity contribution in [3.8, 4) is 11.4 Å². The Morgan fingerprint density at radius 1 is 0.438 bits per heavy atom. The maximum Gasteiger partial charge on any atom is 0.250 e. The SMILES string of the molecule is c1ccc(-n2c[n+](CC[n+]3cn(-c4ccccc4)c4ccccc43)c3ccccc32)cc1. The van der Waals surface area contributed by atoms with Gasteiger partial charge in [-0.2, -0.15) is 9.13 Å². The molecule has 32 heavy (non-hydrogen) atoms. The summed E-state index contributed by atoms with van der Waals surface area (Å²) in [5, 5.41) is 0. The normalized spacial score (nSPS) is 11.4. The number of benzene rings is 4. The second-order valence-electron chi connectivity index (χ2n) is 8.01. The smallest absolute Gasteiger partial charge is 0.225 e. The van der Waals surface area contributed by atoms with E-state index in [2.05, 4.69) is 140 Å². The molecule has 0 aliphatic carbocycles. The number of aromatic nitrogens is 4. The molecular formula is C28H24N4+2. The Bertz CT molecular complexity index is 1390. The molecule has 4 heteroatoms. The summed E-state index contributed by atoms with van der Waals surface area (Å²) in [5.41, 5.74) is 7.27. The molecule has 0 bridgehead atoms. The van der Waals surface area contributed by atoms with E-state index in [1.165, 1.54) is 33.4 Å². The quantitative estimate of drug-likeness (QED) is 0.358. The van der Waals surface area contributed by atoms with Crippen LogP contribution in [0.3, 0.4) is 0 Å². The van der Waals surface area contributed by atoms with Crippen LogP contribution in [0.4, 0.5) is 0 Å². The molecule has 0 unspecified atom stereocenters. The Kier molecular flexibility index (Phi) is 4.54. The minimum absolute atomic E-state index is 0.883. The van der Waals surface area contributed by atoms with E-state index in [9.17, 15) is 0 Å². The lowest BCUT2D eigenvalue weighted by Crippen LogP contribution is -2.43. The van der Waals surface area contributed by atoms with E-state index in [0.29, 0.717) is 0 Å². The second kappa shape index (κ2) is 7.82. The first-order valence-electron chi connectivity index (χ1n) is 11.0. The average Bonchev–Trinajstić information content (AvgIpc) is 3.43. The van der Waals surface area contributed by atoms with Crippen LogP contribution in [-0.4, -0.2) is 9.13 Å². The molecule has 0 radical (unpaired) electrons.